The van der Waals surface area contributed by atoms with Gasteiger partial charge in [0.2, 0.25) is 0 Å². The van der Waals surface area contributed by atoms with E-state index < -0.39 is 0 Å². The summed E-state index contributed by atoms with van der Waals surface area (Å²) in [6, 6.07) is 2.77. The first-order chi connectivity index (χ1) is 9.79. The van der Waals surface area contributed by atoms with E-state index in [1.54, 1.807) is 0 Å². The van der Waals surface area contributed by atoms with Crippen molar-refractivity contribution in [3.05, 3.63) is 23.4 Å². The van der Waals surface area contributed by atoms with Crippen molar-refractivity contribution in [3.8, 4) is 0 Å². The van der Waals surface area contributed by atoms with Gasteiger partial charge in [-0.05, 0) is 45.0 Å². The number of rotatable bonds is 4. The summed E-state index contributed by atoms with van der Waals surface area (Å²) in [6.45, 7) is 15.2. The van der Waals surface area contributed by atoms with E-state index >= 15 is 0 Å². The van der Waals surface area contributed by atoms with Crippen LogP contribution >= 0.6 is 0 Å². The Morgan fingerprint density at radius 1 is 1.33 bits per heavy atom. The van der Waals surface area contributed by atoms with Gasteiger partial charge in [0.05, 0.1) is 0 Å². The smallest absolute Gasteiger partial charge is 0.131 e. The first kappa shape index (κ1) is 16.2. The quantitative estimate of drug-likeness (QED) is 0.923. The molecule has 2 rings (SSSR count). The van der Waals surface area contributed by atoms with Crippen LogP contribution in [0.5, 0.6) is 0 Å². The molecular weight excluding hydrogens is 260 g/mol. The molecule has 0 unspecified atom stereocenters. The summed E-state index contributed by atoms with van der Waals surface area (Å²) in [6.07, 6.45) is 2.02. The third kappa shape index (κ3) is 3.95. The molecule has 4 nitrogen and oxygen atoms in total. The Morgan fingerprint density at radius 2 is 2.05 bits per heavy atom. The number of likely N-dealkylation sites (N-methyl/N-ethyl adjacent to an activating group) is 1. The first-order valence-electron chi connectivity index (χ1n) is 7.94. The Hall–Kier alpha value is -1.13. The minimum atomic E-state index is 0.199. The molecule has 0 aliphatic carbocycles. The van der Waals surface area contributed by atoms with Crippen LogP contribution in [0.25, 0.3) is 0 Å². The maximum Gasteiger partial charge on any atom is 0.131 e. The van der Waals surface area contributed by atoms with E-state index in [0.717, 1.165) is 32.0 Å². The molecule has 1 aromatic heterocycles. The Balaban J connectivity index is 2.10. The highest BCUT2D eigenvalue weighted by atomic mass is 15.3. The highest BCUT2D eigenvalue weighted by molar-refractivity contribution is 5.48. The zero-order valence-electron chi connectivity index (χ0n) is 14.4. The fourth-order valence-corrected chi connectivity index (χ4v) is 2.80. The van der Waals surface area contributed by atoms with Gasteiger partial charge in [0.1, 0.15) is 5.82 Å². The largest absolute Gasteiger partial charge is 0.353 e. The number of hydrogen-bond acceptors (Lipinski definition) is 4. The van der Waals surface area contributed by atoms with Gasteiger partial charge in [-0.2, -0.15) is 0 Å². The van der Waals surface area contributed by atoms with Crippen LogP contribution in [0.15, 0.2) is 12.3 Å². The highest BCUT2D eigenvalue weighted by Crippen LogP contribution is 2.25. The average molecular weight is 290 g/mol. The van der Waals surface area contributed by atoms with Crippen LogP contribution in [-0.2, 0) is 6.54 Å². The monoisotopic (exact) mass is 290 g/mol. The van der Waals surface area contributed by atoms with E-state index in [1.165, 1.54) is 11.1 Å². The zero-order valence-corrected chi connectivity index (χ0v) is 14.4. The molecule has 2 heterocycles. The lowest BCUT2D eigenvalue weighted by Gasteiger charge is -2.46. The van der Waals surface area contributed by atoms with E-state index in [1.807, 2.05) is 6.20 Å². The molecule has 0 atom stereocenters. The van der Waals surface area contributed by atoms with E-state index in [-0.39, 0.29) is 5.54 Å². The summed E-state index contributed by atoms with van der Waals surface area (Å²) >= 11 is 0. The molecule has 118 valence electrons. The number of piperazine rings is 1. The summed E-state index contributed by atoms with van der Waals surface area (Å²) in [5.74, 6) is 1.14. The maximum atomic E-state index is 4.74. The lowest BCUT2D eigenvalue weighted by molar-refractivity contribution is 0.138. The molecule has 0 aromatic carbocycles. The minimum absolute atomic E-state index is 0.199. The van der Waals surface area contributed by atoms with Crippen molar-refractivity contribution in [1.82, 2.24) is 15.2 Å². The molecule has 1 saturated heterocycles. The summed E-state index contributed by atoms with van der Waals surface area (Å²) in [7, 11) is 2.21. The predicted molar refractivity (Wildman–Crippen MR) is 89.9 cm³/mol. The van der Waals surface area contributed by atoms with Crippen molar-refractivity contribution in [3.63, 3.8) is 0 Å². The molecule has 1 aliphatic rings. The van der Waals surface area contributed by atoms with Gasteiger partial charge in [-0.1, -0.05) is 13.8 Å². The van der Waals surface area contributed by atoms with E-state index in [9.17, 15) is 0 Å². The molecule has 1 aromatic rings. The summed E-state index contributed by atoms with van der Waals surface area (Å²) in [4.78, 5) is 9.59. The Kier molecular flexibility index (Phi) is 4.89. The molecule has 1 N–H and O–H groups in total. The standard InChI is InChI=1S/C17H30N4/c1-13(2)18-10-15-9-14(3)16(19-11-15)21-8-7-20(6)17(4,5)12-21/h9,11,13,18H,7-8,10,12H2,1-6H3. The van der Waals surface area contributed by atoms with Crippen LogP contribution in [0.2, 0.25) is 0 Å². The predicted octanol–water partition coefficient (Wildman–Crippen LogP) is 2.42. The van der Waals surface area contributed by atoms with Crippen LogP contribution in [0.1, 0.15) is 38.8 Å². The van der Waals surface area contributed by atoms with Gasteiger partial charge in [0, 0.05) is 44.0 Å². The van der Waals surface area contributed by atoms with Crippen molar-refractivity contribution < 1.29 is 0 Å². The van der Waals surface area contributed by atoms with E-state index in [0.29, 0.717) is 6.04 Å². The van der Waals surface area contributed by atoms with Crippen LogP contribution in [0, 0.1) is 6.92 Å². The van der Waals surface area contributed by atoms with Crippen molar-refractivity contribution in [2.45, 2.75) is 52.7 Å². The normalized spacial score (nSPS) is 19.3. The highest BCUT2D eigenvalue weighted by Gasteiger charge is 2.32. The second kappa shape index (κ2) is 6.32. The average Bonchev–Trinajstić information content (AvgIpc) is 2.40. The number of nitrogens with one attached hydrogen (secondary N) is 1. The van der Waals surface area contributed by atoms with Gasteiger partial charge in [0.25, 0.3) is 0 Å². The van der Waals surface area contributed by atoms with Crippen LogP contribution in [-0.4, -0.2) is 48.1 Å². The van der Waals surface area contributed by atoms with E-state index in [2.05, 4.69) is 62.8 Å². The van der Waals surface area contributed by atoms with Crippen LogP contribution in [0.3, 0.4) is 0 Å². The topological polar surface area (TPSA) is 31.4 Å². The summed E-state index contributed by atoms with van der Waals surface area (Å²) in [5.41, 5.74) is 2.74. The molecule has 0 amide bonds. The van der Waals surface area contributed by atoms with Gasteiger partial charge >= 0.3 is 0 Å². The molecule has 0 radical (unpaired) electrons. The summed E-state index contributed by atoms with van der Waals surface area (Å²) in [5, 5.41) is 3.45. The Bertz CT molecular complexity index is 482. The van der Waals surface area contributed by atoms with Gasteiger partial charge in [0.15, 0.2) is 0 Å². The van der Waals surface area contributed by atoms with Gasteiger partial charge in [-0.3, -0.25) is 4.90 Å². The second-order valence-electron chi connectivity index (χ2n) is 7.18. The van der Waals surface area contributed by atoms with Crippen molar-refractivity contribution >= 4 is 5.82 Å². The minimum Gasteiger partial charge on any atom is -0.353 e. The SMILES string of the molecule is Cc1cc(CNC(C)C)cnc1N1CCN(C)C(C)(C)C1. The fourth-order valence-electron chi connectivity index (χ4n) is 2.80. The molecular formula is C17H30N4. The number of aryl methyl sites for hydroxylation is 1. The van der Waals surface area contributed by atoms with Crippen LogP contribution < -0.4 is 10.2 Å². The van der Waals surface area contributed by atoms with Crippen LogP contribution in [0.4, 0.5) is 5.82 Å². The maximum absolute atomic E-state index is 4.74. The lowest BCUT2D eigenvalue weighted by Crippen LogP contribution is -2.58. The number of nitrogens with zero attached hydrogens (tertiary/aromatic N) is 3. The number of hydrogen-bond donors (Lipinski definition) is 1. The third-order valence-electron chi connectivity index (χ3n) is 4.44. The van der Waals surface area contributed by atoms with Crippen molar-refractivity contribution in [2.75, 3.05) is 31.6 Å². The summed E-state index contributed by atoms with van der Waals surface area (Å²) < 4.78 is 0. The molecule has 0 saturated carbocycles. The molecule has 4 heteroatoms. The van der Waals surface area contributed by atoms with Gasteiger partial charge in [-0.15, -0.1) is 0 Å². The number of pyridine rings is 1. The second-order valence-corrected chi connectivity index (χ2v) is 7.18. The molecule has 1 fully saturated rings. The zero-order chi connectivity index (χ0) is 15.6. The number of aromatic nitrogens is 1. The lowest BCUT2D eigenvalue weighted by atomic mass is 9.99. The van der Waals surface area contributed by atoms with Gasteiger partial charge < -0.3 is 10.2 Å². The van der Waals surface area contributed by atoms with Crippen molar-refractivity contribution in [1.29, 1.82) is 0 Å². The molecule has 0 spiro atoms. The van der Waals surface area contributed by atoms with Crippen molar-refractivity contribution in [2.24, 2.45) is 0 Å². The van der Waals surface area contributed by atoms with Gasteiger partial charge in [-0.25, -0.2) is 4.98 Å². The number of anilines is 1. The van der Waals surface area contributed by atoms with E-state index in [4.69, 9.17) is 4.98 Å². The first-order valence-corrected chi connectivity index (χ1v) is 7.94. The molecule has 21 heavy (non-hydrogen) atoms. The molecule has 0 bridgehead atoms. The Labute approximate surface area is 129 Å². The molecule has 1 aliphatic heterocycles. The third-order valence-corrected chi connectivity index (χ3v) is 4.44. The fraction of sp³-hybridized carbons (Fsp3) is 0.706. The Morgan fingerprint density at radius 3 is 2.62 bits per heavy atom.